The number of carbonyl (C=O) groups excluding carboxylic acids is 1. The molecule has 3 rings (SSSR count). The second-order valence-corrected chi connectivity index (χ2v) is 4.11. The van der Waals surface area contributed by atoms with Gasteiger partial charge in [-0.25, -0.2) is 9.78 Å². The van der Waals surface area contributed by atoms with E-state index < -0.39 is 6.09 Å². The number of nitrogens with one attached hydrogen (secondary N) is 1. The van der Waals surface area contributed by atoms with Gasteiger partial charge >= 0.3 is 12.1 Å². The number of nitrogens with zero attached hydrogens (tertiary/aromatic N) is 3. The molecule has 0 saturated heterocycles. The van der Waals surface area contributed by atoms with Crippen LogP contribution in [-0.2, 0) is 6.61 Å². The Hall–Kier alpha value is -3.16. The monoisotopic (exact) mass is 285 g/mol. The summed E-state index contributed by atoms with van der Waals surface area (Å²) in [6.45, 7) is 0.308. The lowest BCUT2D eigenvalue weighted by Crippen LogP contribution is -2.18. The molecule has 0 aliphatic carbocycles. The van der Waals surface area contributed by atoms with Crippen molar-refractivity contribution in [3.63, 3.8) is 0 Å². The molecular weight excluding hydrogens is 274 g/mol. The third kappa shape index (κ3) is 2.89. The fraction of sp³-hybridized carbons (Fsp3) is 0.0769. The number of primary amides is 1. The van der Waals surface area contributed by atoms with Gasteiger partial charge in [0.05, 0.1) is 6.33 Å². The van der Waals surface area contributed by atoms with E-state index >= 15 is 0 Å². The average molecular weight is 285 g/mol. The minimum Gasteiger partial charge on any atom is -0.471 e. The summed E-state index contributed by atoms with van der Waals surface area (Å²) in [5, 5.41) is 0. The van der Waals surface area contributed by atoms with E-state index in [0.29, 0.717) is 17.8 Å². The Bertz CT molecular complexity index is 772. The summed E-state index contributed by atoms with van der Waals surface area (Å²) in [4.78, 5) is 25.6. The van der Waals surface area contributed by atoms with Gasteiger partial charge in [0.15, 0.2) is 5.65 Å². The van der Waals surface area contributed by atoms with Gasteiger partial charge in [-0.15, -0.1) is 0 Å². The number of hydrogen-bond donors (Lipinski definition) is 2. The summed E-state index contributed by atoms with van der Waals surface area (Å²) in [5.74, 6) is 0.234. The lowest BCUT2D eigenvalue weighted by atomic mass is 10.2. The smallest absolute Gasteiger partial charge is 0.412 e. The number of carbonyl (C=O) groups is 1. The van der Waals surface area contributed by atoms with Gasteiger partial charge < -0.3 is 20.2 Å². The number of hydrogen-bond acceptors (Lipinski definition) is 6. The van der Waals surface area contributed by atoms with Crippen molar-refractivity contribution in [3.05, 3.63) is 42.2 Å². The molecule has 0 aliphatic heterocycles. The minimum absolute atomic E-state index is 0.204. The van der Waals surface area contributed by atoms with E-state index in [4.69, 9.17) is 10.5 Å². The molecule has 0 saturated carbocycles. The SMILES string of the molecule is NC(=O)Oc1nc(OCc2ccccc2)c2[nH]cnc2n1. The summed E-state index contributed by atoms with van der Waals surface area (Å²) < 4.78 is 10.3. The molecule has 0 aliphatic rings. The van der Waals surface area contributed by atoms with Crippen LogP contribution >= 0.6 is 0 Å². The number of ether oxygens (including phenoxy) is 2. The average Bonchev–Trinajstić information content (AvgIpc) is 2.93. The standard InChI is InChI=1S/C13H11N5O3/c14-12(19)21-13-17-10-9(15-7-16-10)11(18-13)20-6-8-4-2-1-3-5-8/h1-5,7H,6H2,(H2,14,19)(H,15,16,17,18). The maximum absolute atomic E-state index is 10.8. The molecule has 8 heteroatoms. The fourth-order valence-corrected chi connectivity index (χ4v) is 1.75. The van der Waals surface area contributed by atoms with Gasteiger partial charge in [-0.1, -0.05) is 30.3 Å². The number of rotatable bonds is 4. The number of fused-ring (bicyclic) bond motifs is 1. The zero-order valence-electron chi connectivity index (χ0n) is 10.8. The third-order valence-corrected chi connectivity index (χ3v) is 2.64. The number of nitrogens with two attached hydrogens (primary N) is 1. The Morgan fingerprint density at radius 2 is 2.05 bits per heavy atom. The summed E-state index contributed by atoms with van der Waals surface area (Å²) >= 11 is 0. The molecule has 8 nitrogen and oxygen atoms in total. The van der Waals surface area contributed by atoms with Crippen LogP contribution in [0.3, 0.4) is 0 Å². The highest BCUT2D eigenvalue weighted by molar-refractivity contribution is 5.76. The molecule has 2 aromatic heterocycles. The fourth-order valence-electron chi connectivity index (χ4n) is 1.75. The quantitative estimate of drug-likeness (QED) is 0.748. The van der Waals surface area contributed by atoms with E-state index in [0.717, 1.165) is 5.56 Å². The highest BCUT2D eigenvalue weighted by Crippen LogP contribution is 2.22. The Labute approximate surface area is 118 Å². The zero-order chi connectivity index (χ0) is 14.7. The van der Waals surface area contributed by atoms with Gasteiger partial charge in [-0.2, -0.15) is 9.97 Å². The lowest BCUT2D eigenvalue weighted by molar-refractivity contribution is 0.206. The van der Waals surface area contributed by atoms with Crippen LogP contribution in [0.5, 0.6) is 11.9 Å². The number of H-pyrrole nitrogens is 1. The van der Waals surface area contributed by atoms with Crippen LogP contribution in [0.25, 0.3) is 11.2 Å². The molecule has 1 aromatic carbocycles. The molecule has 0 spiro atoms. The van der Waals surface area contributed by atoms with E-state index in [2.05, 4.69) is 24.7 Å². The summed E-state index contributed by atoms with van der Waals surface area (Å²) in [7, 11) is 0. The van der Waals surface area contributed by atoms with Gasteiger partial charge in [0, 0.05) is 0 Å². The van der Waals surface area contributed by atoms with Crippen LogP contribution in [0.2, 0.25) is 0 Å². The van der Waals surface area contributed by atoms with Crippen LogP contribution in [0.4, 0.5) is 4.79 Å². The van der Waals surface area contributed by atoms with Gasteiger partial charge in [-0.3, -0.25) is 0 Å². The van der Waals surface area contributed by atoms with Crippen LogP contribution < -0.4 is 15.2 Å². The molecule has 21 heavy (non-hydrogen) atoms. The lowest BCUT2D eigenvalue weighted by Gasteiger charge is -2.07. The van der Waals surface area contributed by atoms with Crippen LogP contribution in [0.15, 0.2) is 36.7 Å². The molecule has 0 unspecified atom stereocenters. The summed E-state index contributed by atoms with van der Waals surface area (Å²) in [6.07, 6.45) is 0.446. The number of imidazole rings is 1. The molecular formula is C13H11N5O3. The summed E-state index contributed by atoms with van der Waals surface area (Å²) in [5.41, 5.74) is 6.76. The second-order valence-electron chi connectivity index (χ2n) is 4.11. The number of amides is 1. The zero-order valence-corrected chi connectivity index (χ0v) is 10.8. The van der Waals surface area contributed by atoms with Crippen molar-refractivity contribution in [1.82, 2.24) is 19.9 Å². The number of benzene rings is 1. The van der Waals surface area contributed by atoms with E-state index in [1.807, 2.05) is 30.3 Å². The van der Waals surface area contributed by atoms with E-state index in [-0.39, 0.29) is 11.9 Å². The molecule has 3 aromatic rings. The summed E-state index contributed by atoms with van der Waals surface area (Å²) in [6, 6.07) is 9.38. The molecule has 0 fully saturated rings. The third-order valence-electron chi connectivity index (χ3n) is 2.64. The Morgan fingerprint density at radius 1 is 1.24 bits per heavy atom. The largest absolute Gasteiger partial charge is 0.471 e. The maximum Gasteiger partial charge on any atom is 0.412 e. The van der Waals surface area contributed by atoms with Gasteiger partial charge in [0.25, 0.3) is 0 Å². The van der Waals surface area contributed by atoms with Crippen LogP contribution in [-0.4, -0.2) is 26.0 Å². The van der Waals surface area contributed by atoms with E-state index in [9.17, 15) is 4.79 Å². The van der Waals surface area contributed by atoms with Crippen molar-refractivity contribution in [3.8, 4) is 11.9 Å². The van der Waals surface area contributed by atoms with Crippen molar-refractivity contribution in [2.45, 2.75) is 6.61 Å². The van der Waals surface area contributed by atoms with Crippen molar-refractivity contribution >= 4 is 17.3 Å². The molecule has 0 atom stereocenters. The Morgan fingerprint density at radius 3 is 2.81 bits per heavy atom. The van der Waals surface area contributed by atoms with Crippen molar-refractivity contribution in [1.29, 1.82) is 0 Å². The highest BCUT2D eigenvalue weighted by Gasteiger charge is 2.13. The van der Waals surface area contributed by atoms with Crippen molar-refractivity contribution < 1.29 is 14.3 Å². The maximum atomic E-state index is 10.8. The van der Waals surface area contributed by atoms with Gasteiger partial charge in [0.2, 0.25) is 5.88 Å². The Balaban J connectivity index is 1.89. The number of aromatic nitrogens is 4. The minimum atomic E-state index is -1.00. The highest BCUT2D eigenvalue weighted by atomic mass is 16.6. The normalized spacial score (nSPS) is 10.5. The van der Waals surface area contributed by atoms with Crippen molar-refractivity contribution in [2.24, 2.45) is 5.73 Å². The van der Waals surface area contributed by atoms with Gasteiger partial charge in [-0.05, 0) is 5.56 Å². The second kappa shape index (κ2) is 5.45. The Kier molecular flexibility index (Phi) is 3.34. The first-order valence-electron chi connectivity index (χ1n) is 6.07. The molecule has 0 bridgehead atoms. The van der Waals surface area contributed by atoms with Crippen LogP contribution in [0, 0.1) is 0 Å². The van der Waals surface area contributed by atoms with E-state index in [1.54, 1.807) is 0 Å². The first-order valence-corrected chi connectivity index (χ1v) is 6.07. The van der Waals surface area contributed by atoms with E-state index in [1.165, 1.54) is 6.33 Å². The first kappa shape index (κ1) is 12.9. The first-order chi connectivity index (χ1) is 10.2. The topological polar surface area (TPSA) is 116 Å². The van der Waals surface area contributed by atoms with Crippen LogP contribution in [0.1, 0.15) is 5.56 Å². The molecule has 1 amide bonds. The predicted octanol–water partition coefficient (Wildman–Crippen LogP) is 1.39. The van der Waals surface area contributed by atoms with Gasteiger partial charge in [0.1, 0.15) is 12.1 Å². The number of aromatic amines is 1. The molecule has 106 valence electrons. The molecule has 0 radical (unpaired) electrons. The predicted molar refractivity (Wildman–Crippen MR) is 72.7 cm³/mol. The molecule has 2 heterocycles. The van der Waals surface area contributed by atoms with Crippen molar-refractivity contribution in [2.75, 3.05) is 0 Å². The molecule has 3 N–H and O–H groups in total.